The van der Waals surface area contributed by atoms with Gasteiger partial charge >= 0.3 is 0 Å². The van der Waals surface area contributed by atoms with Gasteiger partial charge in [0, 0.05) is 17.1 Å². The van der Waals surface area contributed by atoms with Gasteiger partial charge in [-0.2, -0.15) is 4.98 Å². The van der Waals surface area contributed by atoms with Gasteiger partial charge in [-0.05, 0) is 50.3 Å². The largest absolute Gasteiger partial charge is 0.360 e. The predicted octanol–water partition coefficient (Wildman–Crippen LogP) is 3.85. The van der Waals surface area contributed by atoms with E-state index >= 15 is 0 Å². The molecule has 0 aliphatic heterocycles. The van der Waals surface area contributed by atoms with Crippen molar-refractivity contribution in [2.75, 3.05) is 11.1 Å². The van der Waals surface area contributed by atoms with Crippen LogP contribution >= 0.6 is 23.4 Å². The van der Waals surface area contributed by atoms with Crippen LogP contribution in [0.25, 0.3) is 11.2 Å². The van der Waals surface area contributed by atoms with Gasteiger partial charge in [0.15, 0.2) is 11.5 Å². The number of fused-ring (bicyclic) bond motifs is 1. The first kappa shape index (κ1) is 19.6. The summed E-state index contributed by atoms with van der Waals surface area (Å²) in [5.74, 6) is 1.25. The van der Waals surface area contributed by atoms with Gasteiger partial charge in [0.2, 0.25) is 5.28 Å². The molecule has 3 heterocycles. The number of pyridine rings is 1. The third kappa shape index (κ3) is 4.22. The Bertz CT molecular complexity index is 1020. The van der Waals surface area contributed by atoms with Crippen molar-refractivity contribution in [1.29, 1.82) is 0 Å². The maximum absolute atomic E-state index is 12.9. The van der Waals surface area contributed by atoms with E-state index in [1.807, 2.05) is 32.2 Å². The molecule has 1 N–H and O–H groups in total. The standard InChI is InChI=1S/C18H21ClN6OS/c1-5-27-13-7-6-12(20-9-13)8-21-15-17(26)25(10(2)3)16-14(23-15)11(4)22-18(19)24-16/h6-7,9-10H,5,8H2,1-4H3,(H,21,23). The summed E-state index contributed by atoms with van der Waals surface area (Å²) in [4.78, 5) is 31.3. The second-order valence-corrected chi connectivity index (χ2v) is 7.93. The number of aromatic nitrogens is 5. The minimum atomic E-state index is -0.246. The molecule has 0 spiro atoms. The van der Waals surface area contributed by atoms with Crippen LogP contribution in [0.15, 0.2) is 28.0 Å². The molecular formula is C18H21ClN6OS. The molecule has 27 heavy (non-hydrogen) atoms. The summed E-state index contributed by atoms with van der Waals surface area (Å²) in [6, 6.07) is 3.87. The Morgan fingerprint density at radius 3 is 2.67 bits per heavy atom. The number of nitrogens with one attached hydrogen (secondary N) is 1. The van der Waals surface area contributed by atoms with Gasteiger partial charge in [-0.3, -0.25) is 14.3 Å². The molecule has 3 aromatic heterocycles. The number of thioether (sulfide) groups is 1. The fourth-order valence-electron chi connectivity index (χ4n) is 2.72. The zero-order chi connectivity index (χ0) is 19.6. The van der Waals surface area contributed by atoms with Crippen molar-refractivity contribution in [3.8, 4) is 0 Å². The normalized spacial score (nSPS) is 11.3. The molecule has 142 valence electrons. The van der Waals surface area contributed by atoms with Gasteiger partial charge < -0.3 is 5.32 Å². The number of hydrogen-bond acceptors (Lipinski definition) is 7. The van der Waals surface area contributed by atoms with E-state index in [4.69, 9.17) is 11.6 Å². The highest BCUT2D eigenvalue weighted by Gasteiger charge is 2.17. The Morgan fingerprint density at radius 2 is 2.04 bits per heavy atom. The minimum Gasteiger partial charge on any atom is -0.360 e. The highest BCUT2D eigenvalue weighted by molar-refractivity contribution is 7.99. The first-order chi connectivity index (χ1) is 12.9. The number of anilines is 1. The number of halogens is 1. The summed E-state index contributed by atoms with van der Waals surface area (Å²) in [5.41, 5.74) is 2.21. The molecule has 0 radical (unpaired) electrons. The van der Waals surface area contributed by atoms with E-state index in [2.05, 4.69) is 32.2 Å². The van der Waals surface area contributed by atoms with Crippen LogP contribution in [0.5, 0.6) is 0 Å². The SMILES string of the molecule is CCSc1ccc(CNc2nc3c(C)nc(Cl)nc3n(C(C)C)c2=O)nc1. The summed E-state index contributed by atoms with van der Waals surface area (Å²) in [7, 11) is 0. The minimum absolute atomic E-state index is 0.0996. The molecule has 0 aliphatic carbocycles. The van der Waals surface area contributed by atoms with Crippen LogP contribution in [0.2, 0.25) is 5.28 Å². The van der Waals surface area contributed by atoms with E-state index in [1.54, 1.807) is 23.3 Å². The van der Waals surface area contributed by atoms with Gasteiger partial charge in [0.1, 0.15) is 5.52 Å². The molecule has 0 amide bonds. The molecule has 9 heteroatoms. The highest BCUT2D eigenvalue weighted by Crippen LogP contribution is 2.19. The third-order valence-electron chi connectivity index (χ3n) is 3.95. The molecule has 0 bridgehead atoms. The van der Waals surface area contributed by atoms with Crippen molar-refractivity contribution >= 4 is 40.3 Å². The van der Waals surface area contributed by atoms with Gasteiger partial charge in [-0.15, -0.1) is 11.8 Å². The predicted molar refractivity (Wildman–Crippen MR) is 110 cm³/mol. The molecule has 0 unspecified atom stereocenters. The molecule has 7 nitrogen and oxygen atoms in total. The fourth-order valence-corrected chi connectivity index (χ4v) is 3.55. The molecule has 0 saturated carbocycles. The van der Waals surface area contributed by atoms with Crippen LogP contribution in [-0.2, 0) is 6.54 Å². The van der Waals surface area contributed by atoms with Gasteiger partial charge in [-0.1, -0.05) is 6.92 Å². The summed E-state index contributed by atoms with van der Waals surface area (Å²) >= 11 is 7.72. The van der Waals surface area contributed by atoms with E-state index in [-0.39, 0.29) is 22.7 Å². The van der Waals surface area contributed by atoms with Crippen LogP contribution in [0, 0.1) is 6.92 Å². The summed E-state index contributed by atoms with van der Waals surface area (Å²) in [5, 5.41) is 3.21. The van der Waals surface area contributed by atoms with Crippen molar-refractivity contribution in [1.82, 2.24) is 24.5 Å². The van der Waals surface area contributed by atoms with Gasteiger partial charge in [0.25, 0.3) is 5.56 Å². The maximum Gasteiger partial charge on any atom is 0.295 e. The quantitative estimate of drug-likeness (QED) is 0.493. The molecule has 0 fully saturated rings. The second kappa shape index (κ2) is 8.22. The third-order valence-corrected chi connectivity index (χ3v) is 4.98. The highest BCUT2D eigenvalue weighted by atomic mass is 35.5. The molecule has 3 rings (SSSR count). The zero-order valence-corrected chi connectivity index (χ0v) is 17.2. The Hall–Kier alpha value is -2.19. The lowest BCUT2D eigenvalue weighted by molar-refractivity contribution is 0.592. The number of rotatable bonds is 6. The molecule has 0 saturated heterocycles. The zero-order valence-electron chi connectivity index (χ0n) is 15.7. The number of nitrogens with zero attached hydrogens (tertiary/aromatic N) is 5. The molecule has 0 aliphatic rings. The Kier molecular flexibility index (Phi) is 5.96. The van der Waals surface area contributed by atoms with Crippen molar-refractivity contribution in [2.45, 2.75) is 45.2 Å². The van der Waals surface area contributed by atoms with Crippen molar-refractivity contribution in [3.05, 3.63) is 45.4 Å². The monoisotopic (exact) mass is 404 g/mol. The van der Waals surface area contributed by atoms with Crippen LogP contribution in [0.3, 0.4) is 0 Å². The lowest BCUT2D eigenvalue weighted by atomic mass is 10.3. The van der Waals surface area contributed by atoms with E-state index in [9.17, 15) is 4.79 Å². The topological polar surface area (TPSA) is 85.6 Å². The van der Waals surface area contributed by atoms with Crippen LogP contribution in [0.4, 0.5) is 5.82 Å². The Balaban J connectivity index is 1.97. The van der Waals surface area contributed by atoms with Crippen molar-refractivity contribution in [2.24, 2.45) is 0 Å². The Labute approximate surface area is 166 Å². The first-order valence-corrected chi connectivity index (χ1v) is 10.0. The molecule has 0 atom stereocenters. The fraction of sp³-hybridized carbons (Fsp3) is 0.389. The molecular weight excluding hydrogens is 384 g/mol. The first-order valence-electron chi connectivity index (χ1n) is 8.68. The average Bonchev–Trinajstić information content (AvgIpc) is 2.61. The van der Waals surface area contributed by atoms with Gasteiger partial charge in [0.05, 0.1) is 17.9 Å². The smallest absolute Gasteiger partial charge is 0.295 e. The van der Waals surface area contributed by atoms with E-state index in [0.29, 0.717) is 23.4 Å². The maximum atomic E-state index is 12.9. The van der Waals surface area contributed by atoms with E-state index in [1.165, 1.54) is 0 Å². The lowest BCUT2D eigenvalue weighted by Crippen LogP contribution is -2.28. The second-order valence-electron chi connectivity index (χ2n) is 6.25. The summed E-state index contributed by atoms with van der Waals surface area (Å²) in [6.45, 7) is 8.14. The molecule has 3 aromatic rings. The lowest BCUT2D eigenvalue weighted by Gasteiger charge is -2.16. The Morgan fingerprint density at radius 1 is 1.26 bits per heavy atom. The number of aryl methyl sites for hydroxylation is 1. The summed E-state index contributed by atoms with van der Waals surface area (Å²) in [6.07, 6.45) is 1.84. The van der Waals surface area contributed by atoms with E-state index < -0.39 is 0 Å². The average molecular weight is 405 g/mol. The molecule has 0 aromatic carbocycles. The van der Waals surface area contributed by atoms with Crippen LogP contribution in [0.1, 0.15) is 38.2 Å². The van der Waals surface area contributed by atoms with Crippen molar-refractivity contribution in [3.63, 3.8) is 0 Å². The number of hydrogen-bond donors (Lipinski definition) is 1. The van der Waals surface area contributed by atoms with Crippen LogP contribution in [-0.4, -0.2) is 30.3 Å². The summed E-state index contributed by atoms with van der Waals surface area (Å²) < 4.78 is 1.58. The van der Waals surface area contributed by atoms with E-state index in [0.717, 1.165) is 16.3 Å². The van der Waals surface area contributed by atoms with Crippen LogP contribution < -0.4 is 10.9 Å². The van der Waals surface area contributed by atoms with Crippen molar-refractivity contribution < 1.29 is 0 Å². The van der Waals surface area contributed by atoms with Gasteiger partial charge in [-0.25, -0.2) is 9.97 Å².